The Morgan fingerprint density at radius 2 is 2.10 bits per heavy atom. The fourth-order valence-electron chi connectivity index (χ4n) is 2.75. The minimum absolute atomic E-state index is 0.0785. The van der Waals surface area contributed by atoms with Crippen molar-refractivity contribution in [3.8, 4) is 0 Å². The molecule has 1 aliphatic rings. The molecule has 0 aliphatic carbocycles. The van der Waals surface area contributed by atoms with Gasteiger partial charge in [-0.2, -0.15) is 0 Å². The molecule has 0 bridgehead atoms. The number of rotatable bonds is 2. The van der Waals surface area contributed by atoms with E-state index in [2.05, 4.69) is 35.0 Å². The van der Waals surface area contributed by atoms with Crippen LogP contribution in [0.1, 0.15) is 34.8 Å². The summed E-state index contributed by atoms with van der Waals surface area (Å²) in [5.74, 6) is 0.942. The van der Waals surface area contributed by atoms with E-state index in [0.29, 0.717) is 5.56 Å². The highest BCUT2D eigenvalue weighted by Crippen LogP contribution is 2.33. The van der Waals surface area contributed by atoms with Crippen molar-refractivity contribution >= 4 is 17.3 Å². The molecule has 0 radical (unpaired) electrons. The van der Waals surface area contributed by atoms with E-state index in [9.17, 15) is 4.79 Å². The van der Waals surface area contributed by atoms with Crippen molar-refractivity contribution in [1.29, 1.82) is 0 Å². The molecular weight excluding hydrogens is 248 g/mol. The minimum atomic E-state index is 0.0785. The zero-order valence-electron chi connectivity index (χ0n) is 11.9. The molecule has 0 saturated heterocycles. The van der Waals surface area contributed by atoms with Crippen molar-refractivity contribution in [3.63, 3.8) is 0 Å². The molecule has 0 unspecified atom stereocenters. The monoisotopic (exact) mass is 266 g/mol. The number of anilines is 2. The molecule has 0 amide bonds. The van der Waals surface area contributed by atoms with Gasteiger partial charge >= 0.3 is 0 Å². The lowest BCUT2D eigenvalue weighted by Crippen LogP contribution is -2.25. The highest BCUT2D eigenvalue weighted by atomic mass is 16.1. The van der Waals surface area contributed by atoms with Gasteiger partial charge in [-0.15, -0.1) is 0 Å². The molecule has 2 aromatic rings. The second-order valence-electron chi connectivity index (χ2n) is 5.35. The Balaban J connectivity index is 2.04. The molecule has 1 aromatic carbocycles. The lowest BCUT2D eigenvalue weighted by Gasteiger charge is -2.30. The van der Waals surface area contributed by atoms with E-state index < -0.39 is 0 Å². The predicted molar refractivity (Wildman–Crippen MR) is 80.7 cm³/mol. The lowest BCUT2D eigenvalue weighted by atomic mass is 9.99. The van der Waals surface area contributed by atoms with E-state index in [4.69, 9.17) is 0 Å². The lowest BCUT2D eigenvalue weighted by molar-refractivity contribution is 0.101. The number of nitrogens with zero attached hydrogens (tertiary/aromatic N) is 2. The van der Waals surface area contributed by atoms with E-state index in [1.54, 1.807) is 19.2 Å². The molecule has 0 saturated carbocycles. The minimum Gasteiger partial charge on any atom is -0.326 e. The summed E-state index contributed by atoms with van der Waals surface area (Å²) in [7, 11) is 0. The number of aromatic nitrogens is 1. The maximum atomic E-state index is 11.5. The summed E-state index contributed by atoms with van der Waals surface area (Å²) in [6.07, 6.45) is 3.94. The number of carbonyl (C=O) groups excluding carboxylic acids is 1. The summed E-state index contributed by atoms with van der Waals surface area (Å²) in [5, 5.41) is 0. The van der Waals surface area contributed by atoms with Crippen LogP contribution in [0, 0.1) is 6.92 Å². The van der Waals surface area contributed by atoms with Crippen LogP contribution in [0.4, 0.5) is 11.5 Å². The zero-order chi connectivity index (χ0) is 14.1. The zero-order valence-corrected chi connectivity index (χ0v) is 11.9. The van der Waals surface area contributed by atoms with Gasteiger partial charge in [-0.1, -0.05) is 17.7 Å². The van der Waals surface area contributed by atoms with Crippen molar-refractivity contribution in [2.75, 3.05) is 11.4 Å². The first-order valence-corrected chi connectivity index (χ1v) is 6.99. The molecule has 3 heteroatoms. The molecule has 0 fully saturated rings. The Kier molecular flexibility index (Phi) is 3.26. The van der Waals surface area contributed by atoms with E-state index in [1.807, 2.05) is 6.07 Å². The van der Waals surface area contributed by atoms with E-state index in [-0.39, 0.29) is 5.78 Å². The van der Waals surface area contributed by atoms with E-state index in [1.165, 1.54) is 16.8 Å². The largest absolute Gasteiger partial charge is 0.326 e. The van der Waals surface area contributed by atoms with Crippen LogP contribution in [0.5, 0.6) is 0 Å². The van der Waals surface area contributed by atoms with Gasteiger partial charge in [0.05, 0.1) is 0 Å². The quantitative estimate of drug-likeness (QED) is 0.777. The predicted octanol–water partition coefficient (Wildman–Crippen LogP) is 3.68. The van der Waals surface area contributed by atoms with Crippen molar-refractivity contribution in [1.82, 2.24) is 4.98 Å². The van der Waals surface area contributed by atoms with Crippen molar-refractivity contribution in [2.45, 2.75) is 26.7 Å². The maximum Gasteiger partial charge on any atom is 0.159 e. The van der Waals surface area contributed by atoms with Crippen LogP contribution in [0.3, 0.4) is 0 Å². The van der Waals surface area contributed by atoms with Crippen molar-refractivity contribution in [2.24, 2.45) is 0 Å². The van der Waals surface area contributed by atoms with Gasteiger partial charge in [0.2, 0.25) is 0 Å². The van der Waals surface area contributed by atoms with Gasteiger partial charge in [0.1, 0.15) is 5.82 Å². The summed E-state index contributed by atoms with van der Waals surface area (Å²) in [6.45, 7) is 4.66. The second kappa shape index (κ2) is 5.08. The first-order valence-electron chi connectivity index (χ1n) is 6.99. The van der Waals surface area contributed by atoms with E-state index in [0.717, 1.165) is 25.2 Å². The summed E-state index contributed by atoms with van der Waals surface area (Å²) in [4.78, 5) is 18.2. The third kappa shape index (κ3) is 2.31. The molecule has 20 heavy (non-hydrogen) atoms. The summed E-state index contributed by atoms with van der Waals surface area (Å²) >= 11 is 0. The van der Waals surface area contributed by atoms with Gasteiger partial charge in [-0.05, 0) is 50.5 Å². The third-order valence-corrected chi connectivity index (χ3v) is 3.78. The standard InChI is InChI=1S/C17H18N2O/c1-12-5-6-16-15(10-12)4-3-9-19(16)17-11-14(13(2)20)7-8-18-17/h5-8,10-11H,3-4,9H2,1-2H3. The molecule has 0 N–H and O–H groups in total. The summed E-state index contributed by atoms with van der Waals surface area (Å²) < 4.78 is 0. The number of benzene rings is 1. The Hall–Kier alpha value is -2.16. The summed E-state index contributed by atoms with van der Waals surface area (Å²) in [5.41, 5.74) is 4.59. The SMILES string of the molecule is CC(=O)c1ccnc(N2CCCc3cc(C)ccc32)c1. The van der Waals surface area contributed by atoms with Crippen LogP contribution in [0.15, 0.2) is 36.5 Å². The Morgan fingerprint density at radius 3 is 2.90 bits per heavy atom. The fraction of sp³-hybridized carbons (Fsp3) is 0.294. The van der Waals surface area contributed by atoms with Gasteiger partial charge in [0.25, 0.3) is 0 Å². The molecular formula is C17H18N2O. The smallest absolute Gasteiger partial charge is 0.159 e. The van der Waals surface area contributed by atoms with Gasteiger partial charge in [0.15, 0.2) is 5.78 Å². The Morgan fingerprint density at radius 1 is 1.25 bits per heavy atom. The van der Waals surface area contributed by atoms with Gasteiger partial charge in [0, 0.05) is 24.0 Å². The third-order valence-electron chi connectivity index (χ3n) is 3.78. The number of hydrogen-bond acceptors (Lipinski definition) is 3. The van der Waals surface area contributed by atoms with Gasteiger partial charge < -0.3 is 4.90 Å². The molecule has 2 heterocycles. The average Bonchev–Trinajstić information content (AvgIpc) is 2.46. The number of hydrogen-bond donors (Lipinski definition) is 0. The molecule has 0 atom stereocenters. The topological polar surface area (TPSA) is 33.2 Å². The van der Waals surface area contributed by atoms with Gasteiger partial charge in [-0.3, -0.25) is 4.79 Å². The van der Waals surface area contributed by atoms with Crippen molar-refractivity contribution < 1.29 is 4.79 Å². The van der Waals surface area contributed by atoms with Gasteiger partial charge in [-0.25, -0.2) is 4.98 Å². The Bertz CT molecular complexity index is 664. The first-order chi connectivity index (χ1) is 9.65. The second-order valence-corrected chi connectivity index (χ2v) is 5.35. The maximum absolute atomic E-state index is 11.5. The molecule has 102 valence electrons. The van der Waals surface area contributed by atoms with Crippen LogP contribution in [0.2, 0.25) is 0 Å². The molecule has 3 nitrogen and oxygen atoms in total. The highest BCUT2D eigenvalue weighted by molar-refractivity contribution is 5.94. The van der Waals surface area contributed by atoms with Crippen molar-refractivity contribution in [3.05, 3.63) is 53.2 Å². The van der Waals surface area contributed by atoms with E-state index >= 15 is 0 Å². The average molecular weight is 266 g/mol. The van der Waals surface area contributed by atoms with Crippen LogP contribution < -0.4 is 4.90 Å². The molecule has 3 rings (SSSR count). The molecule has 0 spiro atoms. The number of aryl methyl sites for hydroxylation is 2. The normalized spacial score (nSPS) is 14.0. The van der Waals surface area contributed by atoms with Crippen LogP contribution in [0.25, 0.3) is 0 Å². The van der Waals surface area contributed by atoms with Crippen LogP contribution in [-0.4, -0.2) is 17.3 Å². The Labute approximate surface area is 119 Å². The first kappa shape index (κ1) is 12.9. The number of ketones is 1. The number of fused-ring (bicyclic) bond motifs is 1. The molecule has 1 aromatic heterocycles. The summed E-state index contributed by atoms with van der Waals surface area (Å²) in [6, 6.07) is 10.2. The van der Waals surface area contributed by atoms with Crippen LogP contribution >= 0.6 is 0 Å². The number of carbonyl (C=O) groups is 1. The highest BCUT2D eigenvalue weighted by Gasteiger charge is 2.19. The number of Topliss-reactive ketones (excluding diaryl/α,β-unsaturated/α-hetero) is 1. The molecule has 1 aliphatic heterocycles. The number of pyridine rings is 1. The van der Waals surface area contributed by atoms with Crippen LogP contribution in [-0.2, 0) is 6.42 Å². The fourth-order valence-corrected chi connectivity index (χ4v) is 2.75.